The summed E-state index contributed by atoms with van der Waals surface area (Å²) in [7, 11) is 0. The van der Waals surface area contributed by atoms with Gasteiger partial charge in [-0.3, -0.25) is 0 Å². The van der Waals surface area contributed by atoms with Gasteiger partial charge in [-0.25, -0.2) is 4.68 Å². The van der Waals surface area contributed by atoms with E-state index in [9.17, 15) is 0 Å². The van der Waals surface area contributed by atoms with Crippen LogP contribution in [0.4, 0.5) is 0 Å². The Kier molecular flexibility index (Phi) is 2.38. The van der Waals surface area contributed by atoms with Crippen molar-refractivity contribution in [3.05, 3.63) is 60.3 Å². The van der Waals surface area contributed by atoms with Gasteiger partial charge in [0.15, 0.2) is 0 Å². The summed E-state index contributed by atoms with van der Waals surface area (Å²) in [5.74, 6) is 0. The summed E-state index contributed by atoms with van der Waals surface area (Å²) < 4.78 is 1.85. The molecule has 0 aliphatic rings. The number of aliphatic hydroxyl groups excluding tert-OH is 1. The van der Waals surface area contributed by atoms with Crippen LogP contribution < -0.4 is 0 Å². The third-order valence-corrected chi connectivity index (χ3v) is 2.77. The molecule has 0 aliphatic heterocycles. The Balaban J connectivity index is 2.14. The van der Waals surface area contributed by atoms with Gasteiger partial charge in [-0.2, -0.15) is 5.10 Å². The minimum atomic E-state index is 0.0620. The molecule has 3 heteroatoms. The Morgan fingerprint density at radius 2 is 1.88 bits per heavy atom. The number of hydrogen-bond acceptors (Lipinski definition) is 2. The van der Waals surface area contributed by atoms with Crippen LogP contribution >= 0.6 is 0 Å². The zero-order valence-corrected chi connectivity index (χ0v) is 9.24. The second-order valence-corrected chi connectivity index (χ2v) is 3.96. The maximum atomic E-state index is 9.09. The summed E-state index contributed by atoms with van der Waals surface area (Å²) in [6.07, 6.45) is 1.98. The fourth-order valence-corrected chi connectivity index (χ4v) is 1.89. The van der Waals surface area contributed by atoms with Gasteiger partial charge in [-0.15, -0.1) is 0 Å². The third-order valence-electron chi connectivity index (χ3n) is 2.77. The fraction of sp³-hybridized carbons (Fsp3) is 0.0714. The molecular weight excluding hydrogens is 212 g/mol. The Hall–Kier alpha value is -2.13. The average Bonchev–Trinajstić information content (AvgIpc) is 2.82. The quantitative estimate of drug-likeness (QED) is 0.726. The van der Waals surface area contributed by atoms with Crippen molar-refractivity contribution < 1.29 is 5.11 Å². The van der Waals surface area contributed by atoms with Crippen molar-refractivity contribution in [1.82, 2.24) is 9.78 Å². The van der Waals surface area contributed by atoms with E-state index in [-0.39, 0.29) is 6.61 Å². The molecule has 3 rings (SSSR count). The van der Waals surface area contributed by atoms with Crippen molar-refractivity contribution in [2.75, 3.05) is 0 Å². The minimum Gasteiger partial charge on any atom is -0.392 e. The first-order chi connectivity index (χ1) is 8.36. The molecule has 0 spiro atoms. The largest absolute Gasteiger partial charge is 0.392 e. The summed E-state index contributed by atoms with van der Waals surface area (Å²) in [5, 5.41) is 14.6. The molecule has 0 unspecified atom stereocenters. The van der Waals surface area contributed by atoms with Crippen molar-refractivity contribution >= 4 is 10.9 Å². The van der Waals surface area contributed by atoms with Crippen LogP contribution in [0, 0.1) is 0 Å². The Morgan fingerprint density at radius 3 is 2.65 bits per heavy atom. The normalized spacial score (nSPS) is 10.9. The number of nitrogens with zero attached hydrogens (tertiary/aromatic N) is 2. The van der Waals surface area contributed by atoms with E-state index in [0.717, 1.165) is 22.2 Å². The van der Waals surface area contributed by atoms with E-state index in [0.29, 0.717) is 0 Å². The van der Waals surface area contributed by atoms with Crippen LogP contribution in [0.3, 0.4) is 0 Å². The summed E-state index contributed by atoms with van der Waals surface area (Å²) in [4.78, 5) is 0. The molecule has 0 saturated carbocycles. The number of fused-ring (bicyclic) bond motifs is 1. The van der Waals surface area contributed by atoms with Crippen LogP contribution in [0.5, 0.6) is 0 Å². The van der Waals surface area contributed by atoms with E-state index in [1.165, 1.54) is 0 Å². The standard InChI is InChI=1S/C14H12N2O/c17-10-11-6-7-14-12(8-11)9-16(15-14)13-4-2-1-3-5-13/h1-9,17H,10H2. The van der Waals surface area contributed by atoms with Crippen LogP contribution in [0.1, 0.15) is 5.56 Å². The van der Waals surface area contributed by atoms with Crippen molar-refractivity contribution in [1.29, 1.82) is 0 Å². The van der Waals surface area contributed by atoms with Crippen molar-refractivity contribution in [3.63, 3.8) is 0 Å². The molecule has 17 heavy (non-hydrogen) atoms. The van der Waals surface area contributed by atoms with E-state index >= 15 is 0 Å². The van der Waals surface area contributed by atoms with Crippen molar-refractivity contribution in [2.45, 2.75) is 6.61 Å². The van der Waals surface area contributed by atoms with Gasteiger partial charge >= 0.3 is 0 Å². The molecule has 0 saturated heterocycles. The van der Waals surface area contributed by atoms with Crippen LogP contribution in [0.25, 0.3) is 16.6 Å². The zero-order chi connectivity index (χ0) is 11.7. The van der Waals surface area contributed by atoms with E-state index in [1.54, 1.807) is 0 Å². The summed E-state index contributed by atoms with van der Waals surface area (Å²) in [6, 6.07) is 15.8. The number of para-hydroxylation sites is 1. The average molecular weight is 224 g/mol. The van der Waals surface area contributed by atoms with E-state index in [4.69, 9.17) is 5.11 Å². The molecule has 3 nitrogen and oxygen atoms in total. The molecule has 2 aromatic carbocycles. The number of aromatic nitrogens is 2. The van der Waals surface area contributed by atoms with E-state index in [1.807, 2.05) is 59.4 Å². The number of rotatable bonds is 2. The monoisotopic (exact) mass is 224 g/mol. The summed E-state index contributed by atoms with van der Waals surface area (Å²) in [6.45, 7) is 0.0620. The Morgan fingerprint density at radius 1 is 1.06 bits per heavy atom. The molecule has 0 bridgehead atoms. The second-order valence-electron chi connectivity index (χ2n) is 3.96. The number of aliphatic hydroxyl groups is 1. The van der Waals surface area contributed by atoms with Crippen LogP contribution in [-0.4, -0.2) is 14.9 Å². The first-order valence-electron chi connectivity index (χ1n) is 5.51. The van der Waals surface area contributed by atoms with E-state index in [2.05, 4.69) is 5.10 Å². The van der Waals surface area contributed by atoms with Gasteiger partial charge in [0.2, 0.25) is 0 Å². The summed E-state index contributed by atoms with van der Waals surface area (Å²) >= 11 is 0. The molecule has 0 aliphatic carbocycles. The van der Waals surface area contributed by atoms with Crippen molar-refractivity contribution in [2.24, 2.45) is 0 Å². The molecule has 1 N–H and O–H groups in total. The lowest BCUT2D eigenvalue weighted by atomic mass is 10.2. The predicted molar refractivity (Wildman–Crippen MR) is 67.0 cm³/mol. The molecule has 84 valence electrons. The lowest BCUT2D eigenvalue weighted by molar-refractivity contribution is 0.282. The second kappa shape index (κ2) is 4.03. The highest BCUT2D eigenvalue weighted by molar-refractivity contribution is 5.79. The molecule has 0 amide bonds. The van der Waals surface area contributed by atoms with Gasteiger partial charge in [0.25, 0.3) is 0 Å². The molecular formula is C14H12N2O. The zero-order valence-electron chi connectivity index (χ0n) is 9.24. The van der Waals surface area contributed by atoms with Gasteiger partial charge in [0, 0.05) is 11.6 Å². The number of hydrogen-bond donors (Lipinski definition) is 1. The maximum Gasteiger partial charge on any atom is 0.0927 e. The highest BCUT2D eigenvalue weighted by Crippen LogP contribution is 2.17. The molecule has 3 aromatic rings. The minimum absolute atomic E-state index is 0.0620. The molecule has 0 radical (unpaired) electrons. The maximum absolute atomic E-state index is 9.09. The Bertz CT molecular complexity index is 644. The SMILES string of the molecule is OCc1ccc2nn(-c3ccccc3)cc2c1. The fourth-order valence-electron chi connectivity index (χ4n) is 1.89. The Labute approximate surface area is 98.9 Å². The molecule has 0 atom stereocenters. The summed E-state index contributed by atoms with van der Waals surface area (Å²) in [5.41, 5.74) is 2.88. The molecule has 1 aromatic heterocycles. The van der Waals surface area contributed by atoms with E-state index < -0.39 is 0 Å². The molecule has 1 heterocycles. The smallest absolute Gasteiger partial charge is 0.0927 e. The number of benzene rings is 2. The predicted octanol–water partition coefficient (Wildman–Crippen LogP) is 2.52. The van der Waals surface area contributed by atoms with Gasteiger partial charge < -0.3 is 5.11 Å². The lowest BCUT2D eigenvalue weighted by Gasteiger charge is -1.98. The van der Waals surface area contributed by atoms with Crippen LogP contribution in [-0.2, 0) is 6.61 Å². The van der Waals surface area contributed by atoms with Gasteiger partial charge in [0.1, 0.15) is 0 Å². The van der Waals surface area contributed by atoms with Crippen molar-refractivity contribution in [3.8, 4) is 5.69 Å². The van der Waals surface area contributed by atoms with Gasteiger partial charge in [-0.1, -0.05) is 24.3 Å². The lowest BCUT2D eigenvalue weighted by Crippen LogP contribution is -1.92. The van der Waals surface area contributed by atoms with Crippen LogP contribution in [0.2, 0.25) is 0 Å². The van der Waals surface area contributed by atoms with Gasteiger partial charge in [-0.05, 0) is 29.8 Å². The first-order valence-corrected chi connectivity index (χ1v) is 5.51. The third kappa shape index (κ3) is 1.81. The molecule has 0 fully saturated rings. The first kappa shape index (κ1) is 10.1. The highest BCUT2D eigenvalue weighted by atomic mass is 16.3. The van der Waals surface area contributed by atoms with Gasteiger partial charge in [0.05, 0.1) is 17.8 Å². The van der Waals surface area contributed by atoms with Crippen LogP contribution in [0.15, 0.2) is 54.7 Å². The topological polar surface area (TPSA) is 38.1 Å². The highest BCUT2D eigenvalue weighted by Gasteiger charge is 2.02.